The molecule has 0 saturated heterocycles. The van der Waals surface area contributed by atoms with Gasteiger partial charge in [0.05, 0.1) is 0 Å². The summed E-state index contributed by atoms with van der Waals surface area (Å²) in [5.74, 6) is 2.42. The van der Waals surface area contributed by atoms with Crippen LogP contribution in [0.1, 0.15) is 13.3 Å². The maximum atomic E-state index is 5.77. The van der Waals surface area contributed by atoms with Crippen LogP contribution < -0.4 is 10.1 Å². The summed E-state index contributed by atoms with van der Waals surface area (Å²) in [6, 6.07) is 11.5. The van der Waals surface area contributed by atoms with Crippen LogP contribution in [-0.2, 0) is 0 Å². The zero-order valence-corrected chi connectivity index (χ0v) is 11.8. The number of hydrogen-bond acceptors (Lipinski definition) is 3. The molecule has 0 saturated carbocycles. The van der Waals surface area contributed by atoms with Crippen LogP contribution >= 0.6 is 15.9 Å². The van der Waals surface area contributed by atoms with Gasteiger partial charge in [-0.25, -0.2) is 4.98 Å². The van der Waals surface area contributed by atoms with Crippen molar-refractivity contribution in [2.75, 3.05) is 11.9 Å². The third kappa shape index (κ3) is 3.74. The Kier molecular flexibility index (Phi) is 4.59. The van der Waals surface area contributed by atoms with Gasteiger partial charge in [-0.2, -0.15) is 0 Å². The molecule has 0 fully saturated rings. The lowest BCUT2D eigenvalue weighted by molar-refractivity contribution is 0.482. The van der Waals surface area contributed by atoms with Gasteiger partial charge in [0.1, 0.15) is 17.3 Å². The lowest BCUT2D eigenvalue weighted by Gasteiger charge is -2.08. The van der Waals surface area contributed by atoms with Crippen LogP contribution in [0.5, 0.6) is 11.5 Å². The van der Waals surface area contributed by atoms with Crippen molar-refractivity contribution in [3.05, 3.63) is 47.1 Å². The Hall–Kier alpha value is -1.55. The van der Waals surface area contributed by atoms with E-state index in [4.69, 9.17) is 4.74 Å². The highest BCUT2D eigenvalue weighted by molar-refractivity contribution is 9.10. The first-order valence-electron chi connectivity index (χ1n) is 5.91. The number of rotatable bonds is 5. The van der Waals surface area contributed by atoms with Gasteiger partial charge >= 0.3 is 0 Å². The fourth-order valence-corrected chi connectivity index (χ4v) is 1.87. The lowest BCUT2D eigenvalue weighted by Crippen LogP contribution is -2.01. The number of halogens is 1. The van der Waals surface area contributed by atoms with Crippen molar-refractivity contribution in [2.24, 2.45) is 0 Å². The minimum atomic E-state index is 0.779. The average molecular weight is 307 g/mol. The monoisotopic (exact) mass is 306 g/mol. The summed E-state index contributed by atoms with van der Waals surface area (Å²) in [5, 5.41) is 3.23. The molecule has 4 heteroatoms. The van der Waals surface area contributed by atoms with Crippen molar-refractivity contribution in [2.45, 2.75) is 13.3 Å². The maximum Gasteiger partial charge on any atom is 0.132 e. The van der Waals surface area contributed by atoms with Gasteiger partial charge in [0.15, 0.2) is 0 Å². The van der Waals surface area contributed by atoms with E-state index in [1.165, 1.54) is 0 Å². The van der Waals surface area contributed by atoms with E-state index in [1.54, 1.807) is 6.20 Å². The van der Waals surface area contributed by atoms with E-state index in [0.717, 1.165) is 34.8 Å². The molecule has 94 valence electrons. The van der Waals surface area contributed by atoms with Crippen LogP contribution in [0.15, 0.2) is 47.1 Å². The van der Waals surface area contributed by atoms with E-state index < -0.39 is 0 Å². The first-order chi connectivity index (χ1) is 8.78. The molecule has 0 radical (unpaired) electrons. The van der Waals surface area contributed by atoms with E-state index in [0.29, 0.717) is 0 Å². The Bertz CT molecular complexity index is 517. The molecule has 0 atom stereocenters. The first-order valence-corrected chi connectivity index (χ1v) is 6.70. The van der Waals surface area contributed by atoms with Gasteiger partial charge in [-0.3, -0.25) is 0 Å². The van der Waals surface area contributed by atoms with E-state index >= 15 is 0 Å². The lowest BCUT2D eigenvalue weighted by atomic mass is 10.3. The molecular formula is C14H15BrN2O. The molecule has 0 aliphatic carbocycles. The first kappa shape index (κ1) is 12.9. The van der Waals surface area contributed by atoms with Crippen molar-refractivity contribution >= 4 is 21.7 Å². The Balaban J connectivity index is 2.09. The SMILES string of the molecule is CCCNc1cc(Oc2cccc(Br)c2)ccn1. The predicted octanol–water partition coefficient (Wildman–Crippen LogP) is 4.46. The number of benzene rings is 1. The minimum Gasteiger partial charge on any atom is -0.457 e. The Morgan fingerprint density at radius 1 is 1.22 bits per heavy atom. The fourth-order valence-electron chi connectivity index (χ4n) is 1.49. The second kappa shape index (κ2) is 6.40. The van der Waals surface area contributed by atoms with Gasteiger partial charge in [-0.15, -0.1) is 0 Å². The van der Waals surface area contributed by atoms with Crippen LogP contribution in [0, 0.1) is 0 Å². The van der Waals surface area contributed by atoms with E-state index in [1.807, 2.05) is 36.4 Å². The van der Waals surface area contributed by atoms with Crippen molar-refractivity contribution in [1.82, 2.24) is 4.98 Å². The van der Waals surface area contributed by atoms with Gasteiger partial charge in [0.2, 0.25) is 0 Å². The molecule has 1 aromatic carbocycles. The van der Waals surface area contributed by atoms with Crippen molar-refractivity contribution < 1.29 is 4.74 Å². The highest BCUT2D eigenvalue weighted by Gasteiger charge is 2.00. The van der Waals surface area contributed by atoms with E-state index in [-0.39, 0.29) is 0 Å². The summed E-state index contributed by atoms with van der Waals surface area (Å²) < 4.78 is 6.77. The summed E-state index contributed by atoms with van der Waals surface area (Å²) >= 11 is 3.42. The smallest absolute Gasteiger partial charge is 0.132 e. The molecule has 0 aliphatic rings. The standard InChI is InChI=1S/C14H15BrN2O/c1-2-7-16-14-10-13(6-8-17-14)18-12-5-3-4-11(15)9-12/h3-6,8-10H,2,7H2,1H3,(H,16,17). The quantitative estimate of drug-likeness (QED) is 0.885. The number of nitrogens with zero attached hydrogens (tertiary/aromatic N) is 1. The molecule has 0 amide bonds. The number of hydrogen-bond donors (Lipinski definition) is 1. The molecule has 1 heterocycles. The number of pyridine rings is 1. The number of nitrogens with one attached hydrogen (secondary N) is 1. The molecule has 0 bridgehead atoms. The van der Waals surface area contributed by atoms with Crippen LogP contribution in [0.2, 0.25) is 0 Å². The van der Waals surface area contributed by atoms with Crippen LogP contribution in [0.25, 0.3) is 0 Å². The summed E-state index contributed by atoms with van der Waals surface area (Å²) in [5.41, 5.74) is 0. The number of anilines is 1. The third-order valence-corrected chi connectivity index (χ3v) is 2.81. The maximum absolute atomic E-state index is 5.77. The highest BCUT2D eigenvalue weighted by Crippen LogP contribution is 2.25. The molecule has 0 unspecified atom stereocenters. The predicted molar refractivity (Wildman–Crippen MR) is 77.2 cm³/mol. The molecular weight excluding hydrogens is 292 g/mol. The molecule has 3 nitrogen and oxygen atoms in total. The third-order valence-electron chi connectivity index (χ3n) is 2.32. The molecule has 0 spiro atoms. The van der Waals surface area contributed by atoms with Gasteiger partial charge < -0.3 is 10.1 Å². The van der Waals surface area contributed by atoms with Crippen molar-refractivity contribution in [1.29, 1.82) is 0 Å². The van der Waals surface area contributed by atoms with E-state index in [9.17, 15) is 0 Å². The van der Waals surface area contributed by atoms with Crippen molar-refractivity contribution in [3.63, 3.8) is 0 Å². The summed E-state index contributed by atoms with van der Waals surface area (Å²) in [6.07, 6.45) is 2.81. The van der Waals surface area contributed by atoms with Crippen molar-refractivity contribution in [3.8, 4) is 11.5 Å². The largest absolute Gasteiger partial charge is 0.457 e. The van der Waals surface area contributed by atoms with Gasteiger partial charge in [-0.1, -0.05) is 28.9 Å². The zero-order valence-electron chi connectivity index (χ0n) is 10.2. The average Bonchev–Trinajstić information content (AvgIpc) is 2.37. The van der Waals surface area contributed by atoms with E-state index in [2.05, 4.69) is 33.2 Å². The molecule has 1 aromatic heterocycles. The summed E-state index contributed by atoms with van der Waals surface area (Å²) in [6.45, 7) is 3.03. The van der Waals surface area contributed by atoms with Gasteiger partial charge in [0.25, 0.3) is 0 Å². The fraction of sp³-hybridized carbons (Fsp3) is 0.214. The number of aromatic nitrogens is 1. The molecule has 1 N–H and O–H groups in total. The van der Waals surface area contributed by atoms with Gasteiger partial charge in [-0.05, 0) is 30.7 Å². The second-order valence-corrected chi connectivity index (χ2v) is 4.78. The molecule has 0 aliphatic heterocycles. The summed E-state index contributed by atoms with van der Waals surface area (Å²) in [7, 11) is 0. The highest BCUT2D eigenvalue weighted by atomic mass is 79.9. The van der Waals surface area contributed by atoms with Crippen LogP contribution in [0.4, 0.5) is 5.82 Å². The van der Waals surface area contributed by atoms with Gasteiger partial charge in [0, 0.05) is 23.3 Å². The summed E-state index contributed by atoms with van der Waals surface area (Å²) in [4.78, 5) is 4.24. The second-order valence-electron chi connectivity index (χ2n) is 3.86. The topological polar surface area (TPSA) is 34.1 Å². The zero-order chi connectivity index (χ0) is 12.8. The Labute approximate surface area is 115 Å². The van der Waals surface area contributed by atoms with Crippen LogP contribution in [0.3, 0.4) is 0 Å². The molecule has 18 heavy (non-hydrogen) atoms. The Morgan fingerprint density at radius 2 is 2.06 bits per heavy atom. The normalized spacial score (nSPS) is 10.1. The Morgan fingerprint density at radius 3 is 2.83 bits per heavy atom. The molecule has 2 aromatic rings. The molecule has 2 rings (SSSR count). The number of ether oxygens (including phenoxy) is 1. The minimum absolute atomic E-state index is 0.779. The van der Waals surface area contributed by atoms with Crippen LogP contribution in [-0.4, -0.2) is 11.5 Å².